The first-order chi connectivity index (χ1) is 6.13. The highest BCUT2D eigenvalue weighted by Crippen LogP contribution is 2.11. The fourth-order valence-corrected chi connectivity index (χ4v) is 1.64. The molecule has 0 radical (unpaired) electrons. The summed E-state index contributed by atoms with van der Waals surface area (Å²) in [6, 6.07) is -0.655. The Labute approximate surface area is 80.1 Å². The van der Waals surface area contributed by atoms with Crippen LogP contribution in [0, 0.1) is 0 Å². The Hall–Kier alpha value is -1.01. The molecule has 0 aliphatic carbocycles. The third-order valence-corrected chi connectivity index (χ3v) is 2.66. The number of nitrogens with zero attached hydrogens (tertiary/aromatic N) is 2. The minimum absolute atomic E-state index is 0.382. The van der Waals surface area contributed by atoms with E-state index in [0.717, 1.165) is 16.4 Å². The number of primary amides is 1. The maximum Gasteiger partial charge on any atom is 0.234 e. The van der Waals surface area contributed by atoms with E-state index in [1.807, 2.05) is 6.92 Å². The lowest BCUT2D eigenvalue weighted by atomic mass is 10.2. The van der Waals surface area contributed by atoms with E-state index in [4.69, 9.17) is 11.5 Å². The summed E-state index contributed by atoms with van der Waals surface area (Å²) < 4.78 is 0. The normalized spacial score (nSPS) is 12.8. The van der Waals surface area contributed by atoms with Crippen LogP contribution >= 0.6 is 11.3 Å². The predicted molar refractivity (Wildman–Crippen MR) is 50.2 cm³/mol. The van der Waals surface area contributed by atoms with Gasteiger partial charge in [0.05, 0.1) is 6.04 Å². The van der Waals surface area contributed by atoms with Crippen molar-refractivity contribution in [3.8, 4) is 0 Å². The molecule has 5 nitrogen and oxygen atoms in total. The Morgan fingerprint density at radius 2 is 2.15 bits per heavy atom. The summed E-state index contributed by atoms with van der Waals surface area (Å²) in [6.45, 7) is 2.00. The quantitative estimate of drug-likeness (QED) is 0.682. The van der Waals surface area contributed by atoms with Crippen LogP contribution in [0.15, 0.2) is 0 Å². The molecule has 1 heterocycles. The standard InChI is InChI=1S/C7H12N4OS/c1-2-5-10-11-6(13-5)3-4(8)7(9)12/h4H,2-3,8H2,1H3,(H2,9,12). The molecular weight excluding hydrogens is 188 g/mol. The molecule has 0 aliphatic rings. The Morgan fingerprint density at radius 3 is 2.62 bits per heavy atom. The zero-order valence-electron chi connectivity index (χ0n) is 7.36. The van der Waals surface area contributed by atoms with Gasteiger partial charge in [-0.25, -0.2) is 0 Å². The Bertz CT molecular complexity index is 298. The average Bonchev–Trinajstić information content (AvgIpc) is 2.52. The summed E-state index contributed by atoms with van der Waals surface area (Å²) >= 11 is 1.47. The average molecular weight is 200 g/mol. The summed E-state index contributed by atoms with van der Waals surface area (Å²) in [6.07, 6.45) is 1.23. The van der Waals surface area contributed by atoms with Gasteiger partial charge in [-0.15, -0.1) is 21.5 Å². The zero-order chi connectivity index (χ0) is 9.84. The van der Waals surface area contributed by atoms with Crippen molar-refractivity contribution in [3.05, 3.63) is 10.0 Å². The second-order valence-corrected chi connectivity index (χ2v) is 3.80. The molecule has 1 amide bonds. The molecule has 6 heteroatoms. The molecule has 0 bridgehead atoms. The molecular formula is C7H12N4OS. The van der Waals surface area contributed by atoms with Crippen molar-refractivity contribution in [2.45, 2.75) is 25.8 Å². The first-order valence-corrected chi connectivity index (χ1v) is 4.81. The fraction of sp³-hybridized carbons (Fsp3) is 0.571. The molecule has 72 valence electrons. The Balaban J connectivity index is 2.58. The number of aromatic nitrogens is 2. The minimum Gasteiger partial charge on any atom is -0.368 e. The Morgan fingerprint density at radius 1 is 1.54 bits per heavy atom. The van der Waals surface area contributed by atoms with Crippen LogP contribution in [0.2, 0.25) is 0 Å². The number of hydrogen-bond acceptors (Lipinski definition) is 5. The highest BCUT2D eigenvalue weighted by Gasteiger charge is 2.12. The van der Waals surface area contributed by atoms with Gasteiger partial charge in [0.25, 0.3) is 0 Å². The number of carbonyl (C=O) groups is 1. The summed E-state index contributed by atoms with van der Waals surface area (Å²) in [7, 11) is 0. The van der Waals surface area contributed by atoms with Gasteiger partial charge >= 0.3 is 0 Å². The van der Waals surface area contributed by atoms with Crippen molar-refractivity contribution in [1.29, 1.82) is 0 Å². The SMILES string of the molecule is CCc1nnc(CC(N)C(N)=O)s1. The minimum atomic E-state index is -0.655. The van der Waals surface area contributed by atoms with E-state index in [1.165, 1.54) is 11.3 Å². The molecule has 1 aromatic heterocycles. The third kappa shape index (κ3) is 2.74. The number of nitrogens with two attached hydrogens (primary N) is 2. The molecule has 0 saturated heterocycles. The maximum atomic E-state index is 10.6. The molecule has 1 unspecified atom stereocenters. The van der Waals surface area contributed by atoms with Crippen LogP contribution in [0.1, 0.15) is 16.9 Å². The van der Waals surface area contributed by atoms with Crippen molar-refractivity contribution in [2.75, 3.05) is 0 Å². The number of aryl methyl sites for hydroxylation is 1. The van der Waals surface area contributed by atoms with Crippen molar-refractivity contribution in [2.24, 2.45) is 11.5 Å². The van der Waals surface area contributed by atoms with E-state index in [0.29, 0.717) is 6.42 Å². The molecule has 0 spiro atoms. The summed E-state index contributed by atoms with van der Waals surface area (Å²) in [5, 5.41) is 9.52. The van der Waals surface area contributed by atoms with Gasteiger partial charge in [-0.2, -0.15) is 0 Å². The lowest BCUT2D eigenvalue weighted by Gasteiger charge is -2.02. The summed E-state index contributed by atoms with van der Waals surface area (Å²) in [5.74, 6) is -0.506. The number of rotatable bonds is 4. The van der Waals surface area contributed by atoms with Gasteiger partial charge in [-0.3, -0.25) is 4.79 Å². The molecule has 0 aliphatic heterocycles. The van der Waals surface area contributed by atoms with Crippen LogP contribution in [0.5, 0.6) is 0 Å². The second-order valence-electron chi connectivity index (χ2n) is 2.66. The van der Waals surface area contributed by atoms with E-state index in [1.54, 1.807) is 0 Å². The maximum absolute atomic E-state index is 10.6. The number of carbonyl (C=O) groups excluding carboxylic acids is 1. The predicted octanol–water partition coefficient (Wildman–Crippen LogP) is -0.544. The smallest absolute Gasteiger partial charge is 0.234 e. The Kier molecular flexibility index (Phi) is 3.32. The monoisotopic (exact) mass is 200 g/mol. The lowest BCUT2D eigenvalue weighted by molar-refractivity contribution is -0.119. The van der Waals surface area contributed by atoms with Crippen LogP contribution < -0.4 is 11.5 Å². The lowest BCUT2D eigenvalue weighted by Crippen LogP contribution is -2.38. The van der Waals surface area contributed by atoms with Crippen molar-refractivity contribution >= 4 is 17.2 Å². The van der Waals surface area contributed by atoms with E-state index in [2.05, 4.69) is 10.2 Å². The van der Waals surface area contributed by atoms with Gasteiger partial charge in [0.15, 0.2) is 0 Å². The first kappa shape index (κ1) is 10.1. The fourth-order valence-electron chi connectivity index (χ4n) is 0.802. The molecule has 0 saturated carbocycles. The van der Waals surface area contributed by atoms with Gasteiger partial charge in [0.2, 0.25) is 5.91 Å². The van der Waals surface area contributed by atoms with Gasteiger partial charge in [-0.1, -0.05) is 6.92 Å². The molecule has 4 N–H and O–H groups in total. The molecule has 13 heavy (non-hydrogen) atoms. The van der Waals surface area contributed by atoms with Crippen molar-refractivity contribution in [1.82, 2.24) is 10.2 Å². The first-order valence-electron chi connectivity index (χ1n) is 3.99. The zero-order valence-corrected chi connectivity index (χ0v) is 8.17. The number of amides is 1. The van der Waals surface area contributed by atoms with Crippen LogP contribution in [0.3, 0.4) is 0 Å². The largest absolute Gasteiger partial charge is 0.368 e. The van der Waals surface area contributed by atoms with Gasteiger partial charge in [-0.05, 0) is 6.42 Å². The molecule has 1 rings (SSSR count). The van der Waals surface area contributed by atoms with Crippen LogP contribution in [0.4, 0.5) is 0 Å². The third-order valence-electron chi connectivity index (χ3n) is 1.57. The van der Waals surface area contributed by atoms with Gasteiger partial charge in [0, 0.05) is 6.42 Å². The second kappa shape index (κ2) is 4.29. The van der Waals surface area contributed by atoms with Gasteiger partial charge < -0.3 is 11.5 Å². The molecule has 1 atom stereocenters. The molecule has 1 aromatic rings. The summed E-state index contributed by atoms with van der Waals surface area (Å²) in [5.41, 5.74) is 10.5. The highest BCUT2D eigenvalue weighted by molar-refractivity contribution is 7.11. The van der Waals surface area contributed by atoms with Crippen LogP contribution in [-0.2, 0) is 17.6 Å². The van der Waals surface area contributed by atoms with E-state index < -0.39 is 11.9 Å². The summed E-state index contributed by atoms with van der Waals surface area (Å²) in [4.78, 5) is 10.6. The van der Waals surface area contributed by atoms with Crippen molar-refractivity contribution in [3.63, 3.8) is 0 Å². The molecule has 0 fully saturated rings. The van der Waals surface area contributed by atoms with E-state index in [-0.39, 0.29) is 0 Å². The van der Waals surface area contributed by atoms with Crippen LogP contribution in [-0.4, -0.2) is 22.1 Å². The van der Waals surface area contributed by atoms with E-state index in [9.17, 15) is 4.79 Å². The topological polar surface area (TPSA) is 94.9 Å². The highest BCUT2D eigenvalue weighted by atomic mass is 32.1. The molecule has 0 aromatic carbocycles. The number of hydrogen-bond donors (Lipinski definition) is 2. The van der Waals surface area contributed by atoms with Gasteiger partial charge in [0.1, 0.15) is 10.0 Å². The van der Waals surface area contributed by atoms with E-state index >= 15 is 0 Å². The van der Waals surface area contributed by atoms with Crippen molar-refractivity contribution < 1.29 is 4.79 Å². The van der Waals surface area contributed by atoms with Crippen LogP contribution in [0.25, 0.3) is 0 Å².